The molecular formula is C25H33FN6O3. The summed E-state index contributed by atoms with van der Waals surface area (Å²) < 4.78 is 18.6. The Kier molecular flexibility index (Phi) is 8.99. The molecule has 1 atom stereocenters. The first kappa shape index (κ1) is 25.0. The van der Waals surface area contributed by atoms with E-state index in [0.29, 0.717) is 32.8 Å². The Balaban J connectivity index is 1.29. The predicted molar refractivity (Wildman–Crippen MR) is 130 cm³/mol. The molecule has 4 rings (SSSR count). The number of nitrogens with zero attached hydrogens (tertiary/aromatic N) is 4. The highest BCUT2D eigenvalue weighted by Crippen LogP contribution is 2.23. The maximum Gasteiger partial charge on any atom is 0.309 e. The summed E-state index contributed by atoms with van der Waals surface area (Å²) in [6.07, 6.45) is 3.51. The largest absolute Gasteiger partial charge is 0.379 e. The van der Waals surface area contributed by atoms with Crippen molar-refractivity contribution in [2.45, 2.75) is 6.04 Å². The SMILES string of the molecule is O=C(NCCN1CCOCC1)C(=O)NC[C@@H](c1cccnc1)N1CCN(c2ccc(F)cc2)CC1. The fourth-order valence-electron chi connectivity index (χ4n) is 4.48. The number of aromatic nitrogens is 1. The van der Waals surface area contributed by atoms with Gasteiger partial charge in [0.1, 0.15) is 5.82 Å². The van der Waals surface area contributed by atoms with Crippen LogP contribution in [0.4, 0.5) is 10.1 Å². The Morgan fingerprint density at radius 2 is 1.69 bits per heavy atom. The quantitative estimate of drug-likeness (QED) is 0.532. The average Bonchev–Trinajstić information content (AvgIpc) is 2.91. The molecule has 3 heterocycles. The minimum Gasteiger partial charge on any atom is -0.379 e. The molecule has 0 bridgehead atoms. The molecule has 0 spiro atoms. The number of hydrogen-bond acceptors (Lipinski definition) is 7. The standard InChI is InChI=1S/C25H33FN6O3/c26-21-3-5-22(6-4-21)31-10-12-32(13-11-31)23(20-2-1-7-27-18-20)19-29-25(34)24(33)28-8-9-30-14-16-35-17-15-30/h1-7,18,23H,8-17,19H2,(H,28,33)(H,29,34)/t23-/m0/s1. The van der Waals surface area contributed by atoms with Gasteiger partial charge in [-0.3, -0.25) is 24.4 Å². The Labute approximate surface area is 205 Å². The molecular weight excluding hydrogens is 451 g/mol. The van der Waals surface area contributed by atoms with Gasteiger partial charge in [0.2, 0.25) is 0 Å². The van der Waals surface area contributed by atoms with Gasteiger partial charge < -0.3 is 20.3 Å². The van der Waals surface area contributed by atoms with E-state index in [-0.39, 0.29) is 11.9 Å². The molecule has 2 amide bonds. The molecule has 2 aliphatic rings. The molecule has 35 heavy (non-hydrogen) atoms. The molecule has 1 aromatic heterocycles. The Morgan fingerprint density at radius 3 is 2.37 bits per heavy atom. The summed E-state index contributed by atoms with van der Waals surface area (Å²) in [6.45, 7) is 7.56. The minimum absolute atomic E-state index is 0.107. The second kappa shape index (κ2) is 12.6. The molecule has 1 aromatic carbocycles. The lowest BCUT2D eigenvalue weighted by atomic mass is 10.1. The highest BCUT2D eigenvalue weighted by Gasteiger charge is 2.27. The van der Waals surface area contributed by atoms with Crippen molar-refractivity contribution < 1.29 is 18.7 Å². The summed E-state index contributed by atoms with van der Waals surface area (Å²) in [7, 11) is 0. The summed E-state index contributed by atoms with van der Waals surface area (Å²) in [4.78, 5) is 35.7. The topological polar surface area (TPSA) is 90.0 Å². The zero-order chi connectivity index (χ0) is 24.5. The van der Waals surface area contributed by atoms with Gasteiger partial charge in [0.25, 0.3) is 0 Å². The highest BCUT2D eigenvalue weighted by molar-refractivity contribution is 6.35. The van der Waals surface area contributed by atoms with Gasteiger partial charge in [-0.05, 0) is 35.9 Å². The minimum atomic E-state index is -0.634. The fourth-order valence-corrected chi connectivity index (χ4v) is 4.48. The number of piperazine rings is 1. The molecule has 2 N–H and O–H groups in total. The van der Waals surface area contributed by atoms with Crippen molar-refractivity contribution in [3.05, 3.63) is 60.2 Å². The normalized spacial score (nSPS) is 18.1. The van der Waals surface area contributed by atoms with Crippen molar-refractivity contribution in [2.75, 3.05) is 77.0 Å². The number of anilines is 1. The third kappa shape index (κ3) is 7.20. The van der Waals surface area contributed by atoms with Gasteiger partial charge in [-0.25, -0.2) is 4.39 Å². The number of ether oxygens (including phenoxy) is 1. The van der Waals surface area contributed by atoms with E-state index in [9.17, 15) is 14.0 Å². The monoisotopic (exact) mass is 484 g/mol. The van der Waals surface area contributed by atoms with E-state index in [1.54, 1.807) is 24.5 Å². The van der Waals surface area contributed by atoms with Crippen molar-refractivity contribution in [3.63, 3.8) is 0 Å². The van der Waals surface area contributed by atoms with Crippen LogP contribution >= 0.6 is 0 Å². The first-order valence-electron chi connectivity index (χ1n) is 12.1. The summed E-state index contributed by atoms with van der Waals surface area (Å²) >= 11 is 0. The van der Waals surface area contributed by atoms with E-state index in [1.807, 2.05) is 12.1 Å². The first-order chi connectivity index (χ1) is 17.1. The molecule has 2 aromatic rings. The van der Waals surface area contributed by atoms with Crippen LogP contribution in [0, 0.1) is 5.82 Å². The lowest BCUT2D eigenvalue weighted by Gasteiger charge is -2.40. The number of carbonyl (C=O) groups is 2. The van der Waals surface area contributed by atoms with Crippen LogP contribution in [0.5, 0.6) is 0 Å². The van der Waals surface area contributed by atoms with Gasteiger partial charge in [0, 0.05) is 77.0 Å². The zero-order valence-corrected chi connectivity index (χ0v) is 19.9. The molecule has 2 aliphatic heterocycles. The van der Waals surface area contributed by atoms with Crippen LogP contribution in [0.15, 0.2) is 48.8 Å². The van der Waals surface area contributed by atoms with Gasteiger partial charge in [-0.2, -0.15) is 0 Å². The number of hydrogen-bond donors (Lipinski definition) is 2. The van der Waals surface area contributed by atoms with Crippen LogP contribution in [-0.4, -0.2) is 98.7 Å². The first-order valence-corrected chi connectivity index (χ1v) is 12.1. The molecule has 0 radical (unpaired) electrons. The van der Waals surface area contributed by atoms with Crippen LogP contribution in [0.25, 0.3) is 0 Å². The summed E-state index contributed by atoms with van der Waals surface area (Å²) in [6, 6.07) is 10.3. The van der Waals surface area contributed by atoms with E-state index in [2.05, 4.69) is 30.3 Å². The number of amides is 2. The summed E-state index contributed by atoms with van der Waals surface area (Å²) in [5.41, 5.74) is 1.97. The van der Waals surface area contributed by atoms with E-state index >= 15 is 0 Å². The fraction of sp³-hybridized carbons (Fsp3) is 0.480. The van der Waals surface area contributed by atoms with Crippen molar-refractivity contribution >= 4 is 17.5 Å². The van der Waals surface area contributed by atoms with Crippen LogP contribution < -0.4 is 15.5 Å². The number of halogens is 1. The zero-order valence-electron chi connectivity index (χ0n) is 19.9. The molecule has 0 unspecified atom stereocenters. The lowest BCUT2D eigenvalue weighted by molar-refractivity contribution is -0.139. The number of morpholine rings is 1. The van der Waals surface area contributed by atoms with Gasteiger partial charge in [0.15, 0.2) is 0 Å². The van der Waals surface area contributed by atoms with Gasteiger partial charge in [-0.15, -0.1) is 0 Å². The van der Waals surface area contributed by atoms with Crippen LogP contribution in [0.1, 0.15) is 11.6 Å². The van der Waals surface area contributed by atoms with Gasteiger partial charge in [0.05, 0.1) is 19.3 Å². The van der Waals surface area contributed by atoms with E-state index in [1.165, 1.54) is 12.1 Å². The van der Waals surface area contributed by atoms with Gasteiger partial charge in [-0.1, -0.05) is 6.07 Å². The predicted octanol–water partition coefficient (Wildman–Crippen LogP) is 0.649. The molecule has 0 aliphatic carbocycles. The number of pyridine rings is 1. The molecule has 188 valence electrons. The summed E-state index contributed by atoms with van der Waals surface area (Å²) in [5, 5.41) is 5.51. The van der Waals surface area contributed by atoms with Crippen LogP contribution in [0.2, 0.25) is 0 Å². The highest BCUT2D eigenvalue weighted by atomic mass is 19.1. The van der Waals surface area contributed by atoms with Gasteiger partial charge >= 0.3 is 11.8 Å². The number of benzene rings is 1. The van der Waals surface area contributed by atoms with E-state index in [4.69, 9.17) is 4.74 Å². The second-order valence-electron chi connectivity index (χ2n) is 8.72. The maximum atomic E-state index is 13.3. The van der Waals surface area contributed by atoms with E-state index in [0.717, 1.165) is 50.5 Å². The smallest absolute Gasteiger partial charge is 0.309 e. The second-order valence-corrected chi connectivity index (χ2v) is 8.72. The maximum absolute atomic E-state index is 13.3. The molecule has 0 saturated carbocycles. The van der Waals surface area contributed by atoms with Crippen molar-refractivity contribution in [2.24, 2.45) is 0 Å². The van der Waals surface area contributed by atoms with E-state index < -0.39 is 11.8 Å². The number of carbonyl (C=O) groups excluding carboxylic acids is 2. The molecule has 2 fully saturated rings. The third-order valence-corrected chi connectivity index (χ3v) is 6.50. The van der Waals surface area contributed by atoms with Crippen molar-refractivity contribution in [1.29, 1.82) is 0 Å². The van der Waals surface area contributed by atoms with Crippen LogP contribution in [-0.2, 0) is 14.3 Å². The lowest BCUT2D eigenvalue weighted by Crippen LogP contribution is -2.51. The van der Waals surface area contributed by atoms with Crippen molar-refractivity contribution in [1.82, 2.24) is 25.4 Å². The number of rotatable bonds is 8. The average molecular weight is 485 g/mol. The third-order valence-electron chi connectivity index (χ3n) is 6.50. The molecule has 9 nitrogen and oxygen atoms in total. The van der Waals surface area contributed by atoms with Crippen molar-refractivity contribution in [3.8, 4) is 0 Å². The summed E-state index contributed by atoms with van der Waals surface area (Å²) in [5.74, 6) is -1.50. The molecule has 10 heteroatoms. The Hall–Kier alpha value is -3.08. The number of nitrogens with one attached hydrogen (secondary N) is 2. The Morgan fingerprint density at radius 1 is 0.971 bits per heavy atom. The molecule has 2 saturated heterocycles. The Bertz CT molecular complexity index is 947. The van der Waals surface area contributed by atoms with Crippen LogP contribution in [0.3, 0.4) is 0 Å².